The summed E-state index contributed by atoms with van der Waals surface area (Å²) in [4.78, 5) is 11.8. The van der Waals surface area contributed by atoms with Gasteiger partial charge in [0.25, 0.3) is 0 Å². The van der Waals surface area contributed by atoms with Crippen molar-refractivity contribution in [2.45, 2.75) is 49.9 Å². The molecule has 23 heavy (non-hydrogen) atoms. The molecule has 0 aliphatic carbocycles. The molecule has 128 valence electrons. The molecule has 3 unspecified atom stereocenters. The van der Waals surface area contributed by atoms with E-state index in [1.54, 1.807) is 0 Å². The highest BCUT2D eigenvalue weighted by Gasteiger charge is 2.40. The van der Waals surface area contributed by atoms with Gasteiger partial charge in [-0.05, 0) is 37.2 Å². The van der Waals surface area contributed by atoms with Gasteiger partial charge in [0.1, 0.15) is 6.04 Å². The zero-order chi connectivity index (χ0) is 15.5. The van der Waals surface area contributed by atoms with Crippen molar-refractivity contribution >= 4 is 18.4 Å². The van der Waals surface area contributed by atoms with Gasteiger partial charge in [-0.3, -0.25) is 10.1 Å². The third-order valence-corrected chi connectivity index (χ3v) is 5.01. The molecular formula is C17H25ClN2O3. The van der Waals surface area contributed by atoms with E-state index < -0.39 is 12.0 Å². The number of carboxylic acids is 1. The molecule has 0 spiro atoms. The van der Waals surface area contributed by atoms with Crippen molar-refractivity contribution in [3.8, 4) is 0 Å². The molecule has 2 aliphatic heterocycles. The Morgan fingerprint density at radius 3 is 2.35 bits per heavy atom. The van der Waals surface area contributed by atoms with Gasteiger partial charge in [-0.1, -0.05) is 30.3 Å². The molecule has 4 N–H and O–H groups in total. The number of aliphatic hydroxyl groups is 1. The predicted molar refractivity (Wildman–Crippen MR) is 90.7 cm³/mol. The van der Waals surface area contributed by atoms with E-state index in [1.165, 1.54) is 0 Å². The van der Waals surface area contributed by atoms with E-state index in [4.69, 9.17) is 0 Å². The largest absolute Gasteiger partial charge is 0.480 e. The summed E-state index contributed by atoms with van der Waals surface area (Å²) in [5, 5.41) is 26.0. The molecule has 2 heterocycles. The molecule has 2 fully saturated rings. The van der Waals surface area contributed by atoms with Crippen molar-refractivity contribution in [3.05, 3.63) is 35.9 Å². The zero-order valence-electron chi connectivity index (χ0n) is 13.0. The molecule has 0 radical (unpaired) electrons. The Labute approximate surface area is 142 Å². The fraction of sp³-hybridized carbons (Fsp3) is 0.588. The first-order valence-electron chi connectivity index (χ1n) is 8.08. The van der Waals surface area contributed by atoms with E-state index in [1.807, 2.05) is 30.3 Å². The van der Waals surface area contributed by atoms with Gasteiger partial charge in [-0.15, -0.1) is 12.4 Å². The standard InChI is InChI=1S/C17H24N2O3.ClH/c20-10-15(11-4-2-1-3-5-11)19-16(17(21)22)12-8-13-6-7-14(9-12)18-13;/h1-5,12-16,18-20H,6-10H2,(H,21,22);1H/t12?,13?,14?,15-,16?;/m0./s1. The summed E-state index contributed by atoms with van der Waals surface area (Å²) >= 11 is 0. The average molecular weight is 341 g/mol. The summed E-state index contributed by atoms with van der Waals surface area (Å²) in [7, 11) is 0. The average Bonchev–Trinajstić information content (AvgIpc) is 2.87. The Hall–Kier alpha value is -1.14. The second kappa shape index (κ2) is 8.11. The van der Waals surface area contributed by atoms with Crippen LogP contribution in [0.1, 0.15) is 37.3 Å². The van der Waals surface area contributed by atoms with Crippen LogP contribution in [-0.4, -0.2) is 40.9 Å². The number of fused-ring (bicyclic) bond motifs is 2. The molecule has 0 saturated carbocycles. The van der Waals surface area contributed by atoms with Crippen molar-refractivity contribution in [1.29, 1.82) is 0 Å². The predicted octanol–water partition coefficient (Wildman–Crippen LogP) is 1.72. The van der Waals surface area contributed by atoms with E-state index >= 15 is 0 Å². The number of piperidine rings is 1. The van der Waals surface area contributed by atoms with Crippen molar-refractivity contribution in [2.24, 2.45) is 5.92 Å². The second-order valence-electron chi connectivity index (χ2n) is 6.50. The Balaban J connectivity index is 0.00000192. The van der Waals surface area contributed by atoms with E-state index in [0.29, 0.717) is 12.1 Å². The summed E-state index contributed by atoms with van der Waals surface area (Å²) in [5.74, 6) is -0.699. The van der Waals surface area contributed by atoms with Crippen molar-refractivity contribution in [1.82, 2.24) is 10.6 Å². The monoisotopic (exact) mass is 340 g/mol. The highest BCUT2D eigenvalue weighted by Crippen LogP contribution is 2.33. The summed E-state index contributed by atoms with van der Waals surface area (Å²) < 4.78 is 0. The minimum atomic E-state index is -0.819. The van der Waals surface area contributed by atoms with Crippen LogP contribution in [0.4, 0.5) is 0 Å². The van der Waals surface area contributed by atoms with Crippen LogP contribution < -0.4 is 10.6 Å². The summed E-state index contributed by atoms with van der Waals surface area (Å²) in [6, 6.07) is 9.51. The van der Waals surface area contributed by atoms with Gasteiger partial charge in [-0.25, -0.2) is 0 Å². The number of aliphatic carboxylic acids is 1. The number of rotatable bonds is 6. The molecule has 4 atom stereocenters. The topological polar surface area (TPSA) is 81.6 Å². The first kappa shape index (κ1) is 18.2. The smallest absolute Gasteiger partial charge is 0.321 e. The number of aliphatic hydroxyl groups excluding tert-OH is 1. The maximum atomic E-state index is 11.8. The highest BCUT2D eigenvalue weighted by atomic mass is 35.5. The van der Waals surface area contributed by atoms with Crippen LogP contribution in [0.5, 0.6) is 0 Å². The number of hydrogen-bond acceptors (Lipinski definition) is 4. The van der Waals surface area contributed by atoms with Gasteiger partial charge in [0.05, 0.1) is 12.6 Å². The summed E-state index contributed by atoms with van der Waals surface area (Å²) in [5.41, 5.74) is 0.924. The van der Waals surface area contributed by atoms with E-state index in [-0.39, 0.29) is 31.0 Å². The Morgan fingerprint density at radius 1 is 1.22 bits per heavy atom. The zero-order valence-corrected chi connectivity index (χ0v) is 13.8. The molecule has 6 heteroatoms. The lowest BCUT2D eigenvalue weighted by atomic mass is 9.85. The lowest BCUT2D eigenvalue weighted by Gasteiger charge is -2.35. The van der Waals surface area contributed by atoms with Gasteiger partial charge in [0.2, 0.25) is 0 Å². The van der Waals surface area contributed by atoms with Crippen molar-refractivity contribution < 1.29 is 15.0 Å². The van der Waals surface area contributed by atoms with Gasteiger partial charge in [-0.2, -0.15) is 0 Å². The third kappa shape index (κ3) is 4.23. The number of hydrogen-bond donors (Lipinski definition) is 4. The molecule has 2 aliphatic rings. The molecule has 1 aromatic carbocycles. The number of halogens is 1. The van der Waals surface area contributed by atoms with E-state index in [2.05, 4.69) is 10.6 Å². The Bertz CT molecular complexity index is 502. The SMILES string of the molecule is Cl.O=C(O)C(N[C@@H](CO)c1ccccc1)C1CC2CCC(C1)N2. The normalized spacial score (nSPS) is 28.7. The highest BCUT2D eigenvalue weighted by molar-refractivity contribution is 5.85. The van der Waals surface area contributed by atoms with Crippen molar-refractivity contribution in [2.75, 3.05) is 6.61 Å². The van der Waals surface area contributed by atoms with Gasteiger partial charge in [0.15, 0.2) is 0 Å². The van der Waals surface area contributed by atoms with E-state index in [9.17, 15) is 15.0 Å². The first-order chi connectivity index (χ1) is 10.7. The van der Waals surface area contributed by atoms with Crippen LogP contribution in [0.2, 0.25) is 0 Å². The second-order valence-corrected chi connectivity index (χ2v) is 6.50. The maximum Gasteiger partial charge on any atom is 0.321 e. The summed E-state index contributed by atoms with van der Waals surface area (Å²) in [6.45, 7) is -0.106. The van der Waals surface area contributed by atoms with Crippen LogP contribution in [-0.2, 0) is 4.79 Å². The van der Waals surface area contributed by atoms with Crippen LogP contribution in [0.25, 0.3) is 0 Å². The van der Waals surface area contributed by atoms with Crippen LogP contribution in [0.15, 0.2) is 30.3 Å². The quantitative estimate of drug-likeness (QED) is 0.634. The minimum Gasteiger partial charge on any atom is -0.480 e. The molecular weight excluding hydrogens is 316 g/mol. The number of carboxylic acid groups (broad SMARTS) is 1. The van der Waals surface area contributed by atoms with Gasteiger partial charge in [0, 0.05) is 12.1 Å². The lowest BCUT2D eigenvalue weighted by Crippen LogP contribution is -2.51. The Morgan fingerprint density at radius 2 is 1.83 bits per heavy atom. The molecule has 5 nitrogen and oxygen atoms in total. The lowest BCUT2D eigenvalue weighted by molar-refractivity contribution is -0.141. The molecule has 3 rings (SSSR count). The van der Waals surface area contributed by atoms with E-state index in [0.717, 1.165) is 31.2 Å². The molecule has 0 aromatic heterocycles. The number of benzene rings is 1. The third-order valence-electron chi connectivity index (χ3n) is 5.01. The van der Waals surface area contributed by atoms with Crippen LogP contribution in [0.3, 0.4) is 0 Å². The molecule has 2 saturated heterocycles. The number of nitrogens with one attached hydrogen (secondary N) is 2. The first-order valence-corrected chi connectivity index (χ1v) is 8.08. The fourth-order valence-electron chi connectivity index (χ4n) is 3.94. The van der Waals surface area contributed by atoms with Crippen LogP contribution in [0, 0.1) is 5.92 Å². The van der Waals surface area contributed by atoms with Gasteiger partial charge >= 0.3 is 5.97 Å². The minimum absolute atomic E-state index is 0. The number of carbonyl (C=O) groups is 1. The van der Waals surface area contributed by atoms with Crippen LogP contribution >= 0.6 is 12.4 Å². The van der Waals surface area contributed by atoms with Gasteiger partial charge < -0.3 is 15.5 Å². The maximum absolute atomic E-state index is 11.8. The fourth-order valence-corrected chi connectivity index (χ4v) is 3.94. The molecule has 2 bridgehead atoms. The molecule has 0 amide bonds. The summed E-state index contributed by atoms with van der Waals surface area (Å²) in [6.07, 6.45) is 4.09. The van der Waals surface area contributed by atoms with Crippen molar-refractivity contribution in [3.63, 3.8) is 0 Å². The Kier molecular flexibility index (Phi) is 6.41. The molecule has 1 aromatic rings.